The van der Waals surface area contributed by atoms with E-state index < -0.39 is 0 Å². The van der Waals surface area contributed by atoms with Gasteiger partial charge in [0.05, 0.1) is 24.3 Å². The zero-order valence-corrected chi connectivity index (χ0v) is 14.0. The van der Waals surface area contributed by atoms with E-state index in [1.54, 1.807) is 0 Å². The summed E-state index contributed by atoms with van der Waals surface area (Å²) in [5.74, 6) is 0.232. The van der Waals surface area contributed by atoms with Gasteiger partial charge in [-0.2, -0.15) is 5.10 Å². The van der Waals surface area contributed by atoms with Gasteiger partial charge < -0.3 is 14.7 Å². The van der Waals surface area contributed by atoms with Crippen molar-refractivity contribution in [1.82, 2.24) is 14.7 Å². The molecule has 128 valence electrons. The van der Waals surface area contributed by atoms with Gasteiger partial charge in [0.1, 0.15) is 0 Å². The van der Waals surface area contributed by atoms with Crippen LogP contribution < -0.4 is 0 Å². The van der Waals surface area contributed by atoms with Crippen LogP contribution in [-0.4, -0.2) is 51.5 Å². The highest BCUT2D eigenvalue weighted by Crippen LogP contribution is 2.36. The minimum absolute atomic E-state index is 0.128. The molecule has 23 heavy (non-hydrogen) atoms. The van der Waals surface area contributed by atoms with Gasteiger partial charge in [-0.1, -0.05) is 0 Å². The number of aryl methyl sites for hydroxylation is 1. The molecule has 0 unspecified atom stereocenters. The number of amides is 1. The van der Waals surface area contributed by atoms with Crippen LogP contribution in [0.25, 0.3) is 0 Å². The van der Waals surface area contributed by atoms with Crippen molar-refractivity contribution in [2.45, 2.75) is 51.9 Å². The minimum atomic E-state index is -0.357. The maximum absolute atomic E-state index is 13.0. The van der Waals surface area contributed by atoms with Crippen molar-refractivity contribution in [3.63, 3.8) is 0 Å². The molecular formula is C17H27N3O3. The summed E-state index contributed by atoms with van der Waals surface area (Å²) >= 11 is 0. The Morgan fingerprint density at radius 3 is 3.04 bits per heavy atom. The summed E-state index contributed by atoms with van der Waals surface area (Å²) in [4.78, 5) is 14.9. The zero-order chi connectivity index (χ0) is 16.4. The van der Waals surface area contributed by atoms with E-state index in [0.29, 0.717) is 13.2 Å². The Hall–Kier alpha value is -1.40. The average Bonchev–Trinajstić information content (AvgIpc) is 3.22. The molecule has 2 aliphatic rings. The average molecular weight is 321 g/mol. The molecule has 3 heterocycles. The highest BCUT2D eigenvalue weighted by molar-refractivity contribution is 5.80. The summed E-state index contributed by atoms with van der Waals surface area (Å²) < 4.78 is 7.71. The number of rotatable bonds is 4. The van der Waals surface area contributed by atoms with Gasteiger partial charge >= 0.3 is 0 Å². The highest BCUT2D eigenvalue weighted by Gasteiger charge is 2.39. The normalized spacial score (nSPS) is 29.7. The molecule has 2 saturated heterocycles. The predicted molar refractivity (Wildman–Crippen MR) is 85.7 cm³/mol. The van der Waals surface area contributed by atoms with Crippen LogP contribution in [0, 0.1) is 11.8 Å². The Balaban J connectivity index is 1.70. The van der Waals surface area contributed by atoms with Gasteiger partial charge in [0.15, 0.2) is 0 Å². The molecule has 0 saturated carbocycles. The minimum Gasteiger partial charge on any atom is -0.393 e. The summed E-state index contributed by atoms with van der Waals surface area (Å²) in [6.07, 6.45) is 5.97. The lowest BCUT2D eigenvalue weighted by molar-refractivity contribution is -0.140. The summed E-state index contributed by atoms with van der Waals surface area (Å²) in [7, 11) is 0. The Morgan fingerprint density at radius 1 is 1.52 bits per heavy atom. The van der Waals surface area contributed by atoms with E-state index in [0.717, 1.165) is 37.9 Å². The van der Waals surface area contributed by atoms with Crippen molar-refractivity contribution < 1.29 is 14.6 Å². The second-order valence-corrected chi connectivity index (χ2v) is 6.74. The molecule has 2 aliphatic heterocycles. The fraction of sp³-hybridized carbons (Fsp3) is 0.765. The molecule has 4 atom stereocenters. The molecule has 1 aromatic rings. The van der Waals surface area contributed by atoms with Crippen LogP contribution in [0.3, 0.4) is 0 Å². The Bertz CT molecular complexity index is 543. The molecule has 1 aromatic heterocycles. The molecule has 0 aromatic carbocycles. The standard InChI is InChI=1S/C17H27N3O3/c1-3-20-11-14(9-18-20)16-15(6-8-23-16)17(22)19-7-4-5-13(10-19)12(2)21/h9,11-13,15-16,21H,3-8,10H2,1-2H3/t12-,13+,15+,16-/m1/s1. The molecule has 1 amide bonds. The lowest BCUT2D eigenvalue weighted by atomic mass is 9.90. The van der Waals surface area contributed by atoms with E-state index in [-0.39, 0.29) is 30.0 Å². The number of hydrogen-bond acceptors (Lipinski definition) is 4. The Kier molecular flexibility index (Phi) is 5.02. The first-order valence-corrected chi connectivity index (χ1v) is 8.71. The fourth-order valence-corrected chi connectivity index (χ4v) is 3.71. The number of nitrogens with zero attached hydrogens (tertiary/aromatic N) is 3. The van der Waals surface area contributed by atoms with Gasteiger partial charge in [0.25, 0.3) is 0 Å². The van der Waals surface area contributed by atoms with E-state index in [9.17, 15) is 9.90 Å². The maximum atomic E-state index is 13.0. The van der Waals surface area contributed by atoms with E-state index in [1.807, 2.05) is 35.8 Å². The van der Waals surface area contributed by atoms with E-state index >= 15 is 0 Å². The third kappa shape index (κ3) is 3.43. The molecule has 2 fully saturated rings. The monoisotopic (exact) mass is 321 g/mol. The fourth-order valence-electron chi connectivity index (χ4n) is 3.71. The number of aromatic nitrogens is 2. The zero-order valence-electron chi connectivity index (χ0n) is 14.0. The van der Waals surface area contributed by atoms with Gasteiger partial charge in [0.2, 0.25) is 5.91 Å². The summed E-state index contributed by atoms with van der Waals surface area (Å²) in [5.41, 5.74) is 0.992. The van der Waals surface area contributed by atoms with Crippen molar-refractivity contribution in [2.75, 3.05) is 19.7 Å². The SMILES string of the molecule is CCn1cc([C@H]2OCC[C@@H]2C(=O)N2CCC[C@H]([C@@H](C)O)C2)cn1. The molecular weight excluding hydrogens is 294 g/mol. The Morgan fingerprint density at radius 2 is 2.35 bits per heavy atom. The largest absolute Gasteiger partial charge is 0.393 e. The second-order valence-electron chi connectivity index (χ2n) is 6.74. The van der Waals surface area contributed by atoms with Crippen LogP contribution in [0.2, 0.25) is 0 Å². The maximum Gasteiger partial charge on any atom is 0.228 e. The van der Waals surface area contributed by atoms with Gasteiger partial charge in [-0.25, -0.2) is 0 Å². The highest BCUT2D eigenvalue weighted by atomic mass is 16.5. The van der Waals surface area contributed by atoms with Crippen LogP contribution in [0.4, 0.5) is 0 Å². The molecule has 0 spiro atoms. The number of aliphatic hydroxyl groups excluding tert-OH is 1. The second kappa shape index (κ2) is 7.01. The van der Waals surface area contributed by atoms with Crippen molar-refractivity contribution in [1.29, 1.82) is 0 Å². The van der Waals surface area contributed by atoms with Gasteiger partial charge in [-0.05, 0) is 33.1 Å². The lowest BCUT2D eigenvalue weighted by Crippen LogP contribution is -2.45. The smallest absolute Gasteiger partial charge is 0.228 e. The first-order chi connectivity index (χ1) is 11.1. The van der Waals surface area contributed by atoms with E-state index in [2.05, 4.69) is 5.10 Å². The number of carbonyl (C=O) groups is 1. The molecule has 6 nitrogen and oxygen atoms in total. The van der Waals surface area contributed by atoms with Crippen LogP contribution in [-0.2, 0) is 16.1 Å². The predicted octanol–water partition coefficient (Wildman–Crippen LogP) is 1.60. The first-order valence-electron chi connectivity index (χ1n) is 8.71. The summed E-state index contributed by atoms with van der Waals surface area (Å²) in [6.45, 7) is 6.74. The number of ether oxygens (including phenoxy) is 1. The third-order valence-electron chi connectivity index (χ3n) is 5.17. The van der Waals surface area contributed by atoms with Crippen molar-refractivity contribution in [3.8, 4) is 0 Å². The quantitative estimate of drug-likeness (QED) is 0.915. The van der Waals surface area contributed by atoms with Crippen LogP contribution in [0.15, 0.2) is 12.4 Å². The van der Waals surface area contributed by atoms with Gasteiger partial charge in [0, 0.05) is 43.9 Å². The molecule has 3 rings (SSSR count). The molecule has 0 bridgehead atoms. The van der Waals surface area contributed by atoms with E-state index in [4.69, 9.17) is 4.74 Å². The van der Waals surface area contributed by atoms with E-state index in [1.165, 1.54) is 0 Å². The summed E-state index contributed by atoms with van der Waals surface area (Å²) in [6, 6.07) is 0. The Labute approximate surface area is 137 Å². The van der Waals surface area contributed by atoms with Crippen LogP contribution in [0.1, 0.15) is 44.8 Å². The number of carbonyl (C=O) groups excluding carboxylic acids is 1. The lowest BCUT2D eigenvalue weighted by Gasteiger charge is -2.36. The first kappa shape index (κ1) is 16.5. The number of aliphatic hydroxyl groups is 1. The van der Waals surface area contributed by atoms with Crippen LogP contribution >= 0.6 is 0 Å². The molecule has 1 N–H and O–H groups in total. The third-order valence-corrected chi connectivity index (χ3v) is 5.17. The topological polar surface area (TPSA) is 67.6 Å². The van der Waals surface area contributed by atoms with Crippen molar-refractivity contribution in [2.24, 2.45) is 11.8 Å². The van der Waals surface area contributed by atoms with Crippen molar-refractivity contribution >= 4 is 5.91 Å². The molecule has 0 aliphatic carbocycles. The number of likely N-dealkylation sites (tertiary alicyclic amines) is 1. The molecule has 6 heteroatoms. The molecule has 0 radical (unpaired) electrons. The summed E-state index contributed by atoms with van der Waals surface area (Å²) in [5, 5.41) is 14.1. The van der Waals surface area contributed by atoms with Gasteiger partial charge in [-0.15, -0.1) is 0 Å². The number of piperidine rings is 1. The van der Waals surface area contributed by atoms with Gasteiger partial charge in [-0.3, -0.25) is 9.48 Å². The van der Waals surface area contributed by atoms with Crippen LogP contribution in [0.5, 0.6) is 0 Å². The number of hydrogen-bond donors (Lipinski definition) is 1. The van der Waals surface area contributed by atoms with Crippen molar-refractivity contribution in [3.05, 3.63) is 18.0 Å².